The molecule has 4 heteroatoms. The molecule has 0 aromatic carbocycles. The Morgan fingerprint density at radius 1 is 1.55 bits per heavy atom. The Kier molecular flexibility index (Phi) is 1.21. The molecule has 0 saturated heterocycles. The number of nitrogens with one attached hydrogen (secondary N) is 1. The van der Waals surface area contributed by atoms with Crippen molar-refractivity contribution in [3.63, 3.8) is 0 Å². The van der Waals surface area contributed by atoms with Gasteiger partial charge in [-0.1, -0.05) is 5.46 Å². The molecule has 0 aliphatic rings. The first kappa shape index (κ1) is 6.40. The van der Waals surface area contributed by atoms with Crippen LogP contribution in [0.15, 0.2) is 18.5 Å². The van der Waals surface area contributed by atoms with Crippen LogP contribution < -0.4 is 5.46 Å². The van der Waals surface area contributed by atoms with E-state index in [-0.39, 0.29) is 5.82 Å². The lowest BCUT2D eigenvalue weighted by Gasteiger charge is -1.89. The third-order valence-electron chi connectivity index (χ3n) is 1.53. The number of rotatable bonds is 0. The Morgan fingerprint density at radius 2 is 2.36 bits per heavy atom. The molecule has 0 amide bonds. The first-order valence-corrected chi connectivity index (χ1v) is 3.15. The zero-order valence-electron chi connectivity index (χ0n) is 5.63. The van der Waals surface area contributed by atoms with Crippen molar-refractivity contribution in [1.29, 1.82) is 0 Å². The van der Waals surface area contributed by atoms with Crippen molar-refractivity contribution in [3.8, 4) is 0 Å². The van der Waals surface area contributed by atoms with Crippen LogP contribution in [-0.2, 0) is 0 Å². The number of aromatic amines is 1. The van der Waals surface area contributed by atoms with Gasteiger partial charge < -0.3 is 4.98 Å². The lowest BCUT2D eigenvalue weighted by atomic mass is 9.97. The fourth-order valence-corrected chi connectivity index (χ4v) is 0.998. The molecule has 2 rings (SSSR count). The molecule has 0 unspecified atom stereocenters. The summed E-state index contributed by atoms with van der Waals surface area (Å²) in [6, 6.07) is 1.36. The molecular formula is C7H4BFN2. The zero-order chi connectivity index (χ0) is 7.84. The van der Waals surface area contributed by atoms with Crippen molar-refractivity contribution >= 4 is 24.3 Å². The molecule has 52 valence electrons. The molecule has 0 aliphatic heterocycles. The van der Waals surface area contributed by atoms with Gasteiger partial charge in [0.15, 0.2) is 0 Å². The van der Waals surface area contributed by atoms with Gasteiger partial charge in [0.25, 0.3) is 0 Å². The van der Waals surface area contributed by atoms with Gasteiger partial charge in [-0.25, -0.2) is 9.37 Å². The summed E-state index contributed by atoms with van der Waals surface area (Å²) in [6.07, 6.45) is 2.75. The highest BCUT2D eigenvalue weighted by Gasteiger charge is 2.00. The van der Waals surface area contributed by atoms with Gasteiger partial charge in [-0.2, -0.15) is 0 Å². The Labute approximate surface area is 63.9 Å². The lowest BCUT2D eigenvalue weighted by Crippen LogP contribution is -1.97. The molecular weight excluding hydrogens is 142 g/mol. The number of fused-ring (bicyclic) bond motifs is 1. The van der Waals surface area contributed by atoms with E-state index >= 15 is 0 Å². The largest absolute Gasteiger partial charge is 0.347 e. The van der Waals surface area contributed by atoms with Crippen LogP contribution in [0.2, 0.25) is 0 Å². The molecule has 0 atom stereocenters. The maximum Gasteiger partial charge on any atom is 0.142 e. The summed E-state index contributed by atoms with van der Waals surface area (Å²) in [7, 11) is 5.51. The summed E-state index contributed by atoms with van der Waals surface area (Å²) in [5, 5.41) is 0.630. The van der Waals surface area contributed by atoms with Gasteiger partial charge in [0, 0.05) is 5.39 Å². The van der Waals surface area contributed by atoms with Crippen LogP contribution in [0.3, 0.4) is 0 Å². The monoisotopic (exact) mass is 146 g/mol. The summed E-state index contributed by atoms with van der Waals surface area (Å²) < 4.78 is 12.6. The van der Waals surface area contributed by atoms with Crippen LogP contribution in [0.5, 0.6) is 0 Å². The van der Waals surface area contributed by atoms with E-state index in [0.717, 1.165) is 6.20 Å². The quantitative estimate of drug-likeness (QED) is 0.538. The van der Waals surface area contributed by atoms with E-state index in [9.17, 15) is 4.39 Å². The number of H-pyrrole nitrogens is 1. The van der Waals surface area contributed by atoms with E-state index in [4.69, 9.17) is 7.85 Å². The van der Waals surface area contributed by atoms with Gasteiger partial charge in [0.2, 0.25) is 0 Å². The Morgan fingerprint density at radius 3 is 3.18 bits per heavy atom. The molecule has 2 radical (unpaired) electrons. The van der Waals surface area contributed by atoms with Gasteiger partial charge in [0.05, 0.1) is 6.20 Å². The van der Waals surface area contributed by atoms with Crippen LogP contribution >= 0.6 is 0 Å². The maximum atomic E-state index is 12.6. The molecule has 2 aromatic rings. The van der Waals surface area contributed by atoms with Crippen molar-refractivity contribution in [2.75, 3.05) is 0 Å². The predicted octanol–water partition coefficient (Wildman–Crippen LogP) is 0.496. The Balaban J connectivity index is 2.87. The SMILES string of the molecule is [B]c1c[nH]c2ncc(F)cc12. The molecule has 0 bridgehead atoms. The summed E-state index contributed by atoms with van der Waals surface area (Å²) in [4.78, 5) is 6.60. The maximum absolute atomic E-state index is 12.6. The fourth-order valence-electron chi connectivity index (χ4n) is 0.998. The molecule has 0 saturated carbocycles. The van der Waals surface area contributed by atoms with E-state index in [1.165, 1.54) is 6.07 Å². The van der Waals surface area contributed by atoms with Crippen LogP contribution in [0.4, 0.5) is 4.39 Å². The van der Waals surface area contributed by atoms with Crippen molar-refractivity contribution in [2.24, 2.45) is 0 Å². The minimum atomic E-state index is -0.371. The fraction of sp³-hybridized carbons (Fsp3) is 0. The summed E-state index contributed by atoms with van der Waals surface area (Å²) >= 11 is 0. The second kappa shape index (κ2) is 2.08. The Bertz CT molecular complexity index is 396. The normalized spacial score (nSPS) is 10.6. The average molecular weight is 146 g/mol. The van der Waals surface area contributed by atoms with Gasteiger partial charge in [-0.05, 0) is 12.3 Å². The van der Waals surface area contributed by atoms with E-state index in [2.05, 4.69) is 9.97 Å². The first-order chi connectivity index (χ1) is 5.27. The first-order valence-electron chi connectivity index (χ1n) is 3.15. The zero-order valence-corrected chi connectivity index (χ0v) is 5.63. The smallest absolute Gasteiger partial charge is 0.142 e. The van der Waals surface area contributed by atoms with Crippen molar-refractivity contribution < 1.29 is 4.39 Å². The van der Waals surface area contributed by atoms with Crippen molar-refractivity contribution in [1.82, 2.24) is 9.97 Å². The highest BCUT2D eigenvalue weighted by molar-refractivity contribution is 6.38. The van der Waals surface area contributed by atoms with E-state index < -0.39 is 0 Å². The number of nitrogens with zero attached hydrogens (tertiary/aromatic N) is 1. The summed E-state index contributed by atoms with van der Waals surface area (Å²) in [5.41, 5.74) is 1.14. The average Bonchev–Trinajstić information content (AvgIpc) is 2.33. The van der Waals surface area contributed by atoms with Gasteiger partial charge >= 0.3 is 0 Å². The number of halogens is 1. The van der Waals surface area contributed by atoms with E-state index in [1.54, 1.807) is 6.20 Å². The minimum absolute atomic E-state index is 0.371. The van der Waals surface area contributed by atoms with Gasteiger partial charge in [-0.15, -0.1) is 0 Å². The van der Waals surface area contributed by atoms with Crippen molar-refractivity contribution in [2.45, 2.75) is 0 Å². The molecule has 11 heavy (non-hydrogen) atoms. The highest BCUT2D eigenvalue weighted by atomic mass is 19.1. The van der Waals surface area contributed by atoms with Crippen LogP contribution in [-0.4, -0.2) is 17.8 Å². The lowest BCUT2D eigenvalue weighted by molar-refractivity contribution is 0.624. The summed E-state index contributed by atoms with van der Waals surface area (Å²) in [6.45, 7) is 0. The molecule has 2 nitrogen and oxygen atoms in total. The highest BCUT2D eigenvalue weighted by Crippen LogP contribution is 2.06. The number of aromatic nitrogens is 2. The van der Waals surface area contributed by atoms with Crippen LogP contribution in [0, 0.1) is 5.82 Å². The second-order valence-corrected chi connectivity index (χ2v) is 2.29. The topological polar surface area (TPSA) is 28.7 Å². The van der Waals surface area contributed by atoms with Crippen molar-refractivity contribution in [3.05, 3.63) is 24.3 Å². The molecule has 0 spiro atoms. The minimum Gasteiger partial charge on any atom is -0.347 e. The van der Waals surface area contributed by atoms with E-state index in [0.29, 0.717) is 16.5 Å². The number of hydrogen-bond acceptors (Lipinski definition) is 1. The Hall–Kier alpha value is -1.32. The van der Waals surface area contributed by atoms with Crippen LogP contribution in [0.1, 0.15) is 0 Å². The van der Waals surface area contributed by atoms with E-state index in [1.807, 2.05) is 0 Å². The van der Waals surface area contributed by atoms with Crippen LogP contribution in [0.25, 0.3) is 11.0 Å². The molecule has 0 fully saturated rings. The third-order valence-corrected chi connectivity index (χ3v) is 1.53. The van der Waals surface area contributed by atoms with Gasteiger partial charge in [-0.3, -0.25) is 0 Å². The predicted molar refractivity (Wildman–Crippen MR) is 41.4 cm³/mol. The van der Waals surface area contributed by atoms with Gasteiger partial charge in [0.1, 0.15) is 19.3 Å². The standard InChI is InChI=1S/C7H4BFN2/c8-6-3-11-7-5(6)1-4(9)2-10-7/h1-3H,(H,10,11). The second-order valence-electron chi connectivity index (χ2n) is 2.29. The molecule has 2 aromatic heterocycles. The molecule has 0 aliphatic carbocycles. The summed E-state index contributed by atoms with van der Waals surface area (Å²) in [5.74, 6) is -0.371. The number of pyridine rings is 1. The molecule has 2 heterocycles. The third kappa shape index (κ3) is 0.907. The molecule has 1 N–H and O–H groups in total. The number of hydrogen-bond donors (Lipinski definition) is 1.